The zero-order chi connectivity index (χ0) is 16.2. The van der Waals surface area contributed by atoms with Crippen LogP contribution in [0.3, 0.4) is 0 Å². The number of carbonyl (C=O) groups excluding carboxylic acids is 1. The molecule has 1 atom stereocenters. The predicted molar refractivity (Wildman–Crippen MR) is 91.9 cm³/mol. The van der Waals surface area contributed by atoms with Gasteiger partial charge in [-0.3, -0.25) is 0 Å². The highest BCUT2D eigenvalue weighted by Crippen LogP contribution is 2.26. The number of likely N-dealkylation sites (N-methyl/N-ethyl adjacent to an activating group) is 1. The molecule has 0 aliphatic heterocycles. The van der Waals surface area contributed by atoms with Gasteiger partial charge in [-0.2, -0.15) is 0 Å². The van der Waals surface area contributed by atoms with Crippen LogP contribution < -0.4 is 15.4 Å². The number of halogens is 1. The lowest BCUT2D eigenvalue weighted by molar-refractivity contribution is -0.139. The number of nitrogens with zero attached hydrogens (tertiary/aromatic N) is 1. The van der Waals surface area contributed by atoms with Gasteiger partial charge in [-0.1, -0.05) is 23.7 Å². The van der Waals surface area contributed by atoms with E-state index in [1.807, 2.05) is 24.4 Å². The second-order valence-corrected chi connectivity index (χ2v) is 6.54. The fourth-order valence-electron chi connectivity index (χ4n) is 2.00. The Labute approximate surface area is 139 Å². The molecule has 1 heterocycles. The van der Waals surface area contributed by atoms with Gasteiger partial charge in [0.1, 0.15) is 11.3 Å². The van der Waals surface area contributed by atoms with Crippen molar-refractivity contribution in [2.75, 3.05) is 18.0 Å². The molecule has 0 saturated heterocycles. The Balaban J connectivity index is 2.08. The van der Waals surface area contributed by atoms with Crippen molar-refractivity contribution in [1.82, 2.24) is 0 Å². The first kappa shape index (κ1) is 16.8. The molecule has 0 aliphatic rings. The number of benzene rings is 1. The number of esters is 1. The minimum absolute atomic E-state index is 0.324. The van der Waals surface area contributed by atoms with Gasteiger partial charge in [0.05, 0.1) is 10.0 Å². The molecule has 0 bridgehead atoms. The maximum absolute atomic E-state index is 12.4. The third-order valence-electron chi connectivity index (χ3n) is 3.22. The van der Waals surface area contributed by atoms with Crippen molar-refractivity contribution in [3.05, 3.63) is 46.8 Å². The number of para-hydroxylation sites is 1. The fourth-order valence-corrected chi connectivity index (χ4v) is 2.97. The van der Waals surface area contributed by atoms with Crippen LogP contribution in [-0.2, 0) is 4.79 Å². The van der Waals surface area contributed by atoms with Crippen molar-refractivity contribution in [2.24, 2.45) is 5.73 Å². The van der Waals surface area contributed by atoms with Crippen LogP contribution in [0, 0.1) is 0 Å². The summed E-state index contributed by atoms with van der Waals surface area (Å²) >= 11 is 7.62. The molecule has 118 valence electrons. The van der Waals surface area contributed by atoms with E-state index in [0.717, 1.165) is 11.5 Å². The summed E-state index contributed by atoms with van der Waals surface area (Å²) in [5.41, 5.74) is 5.05. The van der Waals surface area contributed by atoms with E-state index in [4.69, 9.17) is 22.1 Å². The summed E-state index contributed by atoms with van der Waals surface area (Å²) in [4.78, 5) is 14.4. The first-order valence-corrected chi connectivity index (χ1v) is 8.24. The molecule has 0 aliphatic carbocycles. The van der Waals surface area contributed by atoms with E-state index < -0.39 is 11.5 Å². The number of thiophene rings is 1. The smallest absolute Gasteiger partial charge is 0.333 e. The van der Waals surface area contributed by atoms with Crippen LogP contribution in [0.5, 0.6) is 5.75 Å². The van der Waals surface area contributed by atoms with Crippen molar-refractivity contribution in [3.8, 4) is 5.75 Å². The second-order valence-electron chi connectivity index (χ2n) is 5.20. The van der Waals surface area contributed by atoms with Gasteiger partial charge in [-0.25, -0.2) is 4.79 Å². The van der Waals surface area contributed by atoms with Crippen molar-refractivity contribution < 1.29 is 9.53 Å². The van der Waals surface area contributed by atoms with Crippen LogP contribution in [0.1, 0.15) is 13.8 Å². The summed E-state index contributed by atoms with van der Waals surface area (Å²) in [6.07, 6.45) is 0. The molecular formula is C16H19ClN2O2S. The number of rotatable bonds is 6. The lowest BCUT2D eigenvalue weighted by Gasteiger charge is -2.30. The van der Waals surface area contributed by atoms with Gasteiger partial charge in [0.25, 0.3) is 0 Å². The van der Waals surface area contributed by atoms with Gasteiger partial charge in [-0.05, 0) is 43.5 Å². The normalized spacial score (nSPS) is 13.5. The Morgan fingerprint density at radius 2 is 2.09 bits per heavy atom. The molecule has 2 N–H and O–H groups in total. The number of carbonyl (C=O) groups is 1. The van der Waals surface area contributed by atoms with Gasteiger partial charge in [-0.15, -0.1) is 11.3 Å². The Morgan fingerprint density at radius 1 is 1.36 bits per heavy atom. The monoisotopic (exact) mass is 338 g/mol. The summed E-state index contributed by atoms with van der Waals surface area (Å²) < 4.78 is 5.35. The molecule has 2 rings (SSSR count). The quantitative estimate of drug-likeness (QED) is 0.646. The van der Waals surface area contributed by atoms with Crippen LogP contribution in [0.25, 0.3) is 0 Å². The average Bonchev–Trinajstić information content (AvgIpc) is 3.01. The van der Waals surface area contributed by atoms with E-state index in [0.29, 0.717) is 17.3 Å². The molecule has 0 saturated carbocycles. The Kier molecular flexibility index (Phi) is 5.45. The van der Waals surface area contributed by atoms with Crippen LogP contribution >= 0.6 is 22.9 Å². The molecule has 0 fully saturated rings. The van der Waals surface area contributed by atoms with Crippen LogP contribution in [0.15, 0.2) is 41.8 Å². The summed E-state index contributed by atoms with van der Waals surface area (Å²) in [7, 11) is 0. The highest BCUT2D eigenvalue weighted by molar-refractivity contribution is 7.14. The Bertz CT molecular complexity index is 629. The average molecular weight is 339 g/mol. The zero-order valence-corrected chi connectivity index (χ0v) is 14.2. The molecule has 0 amide bonds. The molecule has 1 unspecified atom stereocenters. The Morgan fingerprint density at radius 3 is 2.68 bits per heavy atom. The van der Waals surface area contributed by atoms with E-state index in [1.165, 1.54) is 0 Å². The topological polar surface area (TPSA) is 55.6 Å². The number of ether oxygens (including phenoxy) is 1. The lowest BCUT2D eigenvalue weighted by atomic mass is 10.0. The highest BCUT2D eigenvalue weighted by atomic mass is 35.5. The van der Waals surface area contributed by atoms with Crippen molar-refractivity contribution in [2.45, 2.75) is 19.4 Å². The zero-order valence-electron chi connectivity index (χ0n) is 12.6. The van der Waals surface area contributed by atoms with E-state index in [9.17, 15) is 4.79 Å². The summed E-state index contributed by atoms with van der Waals surface area (Å²) in [5, 5.41) is 3.45. The van der Waals surface area contributed by atoms with Crippen molar-refractivity contribution >= 4 is 33.9 Å². The van der Waals surface area contributed by atoms with Crippen molar-refractivity contribution in [3.63, 3.8) is 0 Å². The Hall–Kier alpha value is -1.56. The maximum atomic E-state index is 12.4. The maximum Gasteiger partial charge on any atom is 0.333 e. The summed E-state index contributed by atoms with van der Waals surface area (Å²) in [5.74, 6) is -0.180. The van der Waals surface area contributed by atoms with Crippen LogP contribution in [0.2, 0.25) is 5.02 Å². The number of nitrogens with two attached hydrogens (primary N) is 1. The standard InChI is InChI=1S/C16H19ClN2O2S/c1-3-19(14-9-6-10-22-14)11-16(2,18)15(20)21-13-8-5-4-7-12(13)17/h4-10H,3,11,18H2,1-2H3. The molecule has 6 heteroatoms. The lowest BCUT2D eigenvalue weighted by Crippen LogP contribution is -2.55. The number of anilines is 1. The van der Waals surface area contributed by atoms with E-state index in [1.54, 1.807) is 42.5 Å². The largest absolute Gasteiger partial charge is 0.424 e. The minimum Gasteiger partial charge on any atom is -0.424 e. The molecule has 2 aromatic rings. The third-order valence-corrected chi connectivity index (χ3v) is 4.47. The molecular weight excluding hydrogens is 320 g/mol. The summed E-state index contributed by atoms with van der Waals surface area (Å²) in [6.45, 7) is 4.82. The second kappa shape index (κ2) is 7.13. The molecule has 0 radical (unpaired) electrons. The molecule has 0 spiro atoms. The van der Waals surface area contributed by atoms with Gasteiger partial charge in [0, 0.05) is 13.1 Å². The first-order chi connectivity index (χ1) is 10.4. The number of hydrogen-bond donors (Lipinski definition) is 1. The first-order valence-electron chi connectivity index (χ1n) is 6.98. The van der Waals surface area contributed by atoms with Gasteiger partial charge >= 0.3 is 5.97 Å². The van der Waals surface area contributed by atoms with Crippen LogP contribution in [-0.4, -0.2) is 24.6 Å². The van der Waals surface area contributed by atoms with Gasteiger partial charge in [0.15, 0.2) is 0 Å². The fraction of sp³-hybridized carbons (Fsp3) is 0.312. The van der Waals surface area contributed by atoms with Crippen molar-refractivity contribution in [1.29, 1.82) is 0 Å². The minimum atomic E-state index is -1.14. The predicted octanol–water partition coefficient (Wildman–Crippen LogP) is 3.55. The van der Waals surface area contributed by atoms with Gasteiger partial charge in [0.2, 0.25) is 0 Å². The SMILES string of the molecule is CCN(CC(C)(N)C(=O)Oc1ccccc1Cl)c1cccs1. The molecule has 22 heavy (non-hydrogen) atoms. The number of hydrogen-bond acceptors (Lipinski definition) is 5. The molecule has 4 nitrogen and oxygen atoms in total. The third kappa shape index (κ3) is 4.00. The molecule has 1 aromatic heterocycles. The molecule has 1 aromatic carbocycles. The van der Waals surface area contributed by atoms with Crippen LogP contribution in [0.4, 0.5) is 5.00 Å². The summed E-state index contributed by atoms with van der Waals surface area (Å²) in [6, 6.07) is 10.8. The van der Waals surface area contributed by atoms with E-state index in [-0.39, 0.29) is 0 Å². The van der Waals surface area contributed by atoms with E-state index in [2.05, 4.69) is 4.90 Å². The van der Waals surface area contributed by atoms with Gasteiger partial charge < -0.3 is 15.4 Å². The van der Waals surface area contributed by atoms with E-state index >= 15 is 0 Å². The highest BCUT2D eigenvalue weighted by Gasteiger charge is 2.33.